The van der Waals surface area contributed by atoms with Gasteiger partial charge in [-0.1, -0.05) is 28.1 Å². The van der Waals surface area contributed by atoms with Gasteiger partial charge >= 0.3 is 0 Å². The smallest absolute Gasteiger partial charge is 0.252 e. The fraction of sp³-hybridized carbons (Fsp3) is 0.133. The minimum absolute atomic E-state index is 0.207. The molecule has 0 fully saturated rings. The van der Waals surface area contributed by atoms with Gasteiger partial charge in [0.1, 0.15) is 5.82 Å². The molecular weight excluding hydrogens is 389 g/mol. The van der Waals surface area contributed by atoms with Crippen LogP contribution in [0.3, 0.4) is 0 Å². The van der Waals surface area contributed by atoms with Crippen molar-refractivity contribution in [2.45, 2.75) is 13.0 Å². The maximum absolute atomic E-state index is 13.2. The molecular formula is C15H12Br2FNO. The summed E-state index contributed by atoms with van der Waals surface area (Å²) in [4.78, 5) is 12.2. The van der Waals surface area contributed by atoms with Crippen molar-refractivity contribution in [1.82, 2.24) is 5.32 Å². The van der Waals surface area contributed by atoms with E-state index >= 15 is 0 Å². The predicted octanol–water partition coefficient (Wildman–Crippen LogP) is 4.84. The number of benzene rings is 2. The number of amides is 1. The molecule has 0 saturated carbocycles. The molecule has 0 aromatic heterocycles. The highest BCUT2D eigenvalue weighted by Gasteiger charge is 2.14. The zero-order chi connectivity index (χ0) is 14.7. The van der Waals surface area contributed by atoms with E-state index in [4.69, 9.17) is 0 Å². The van der Waals surface area contributed by atoms with Gasteiger partial charge < -0.3 is 5.32 Å². The lowest BCUT2D eigenvalue weighted by atomic mass is 10.1. The number of nitrogens with one attached hydrogen (secondary N) is 1. The van der Waals surface area contributed by atoms with Gasteiger partial charge in [0.15, 0.2) is 0 Å². The zero-order valence-electron chi connectivity index (χ0n) is 10.7. The Morgan fingerprint density at radius 1 is 1.20 bits per heavy atom. The van der Waals surface area contributed by atoms with Crippen LogP contribution < -0.4 is 5.32 Å². The van der Waals surface area contributed by atoms with E-state index in [1.54, 1.807) is 24.3 Å². The molecule has 2 rings (SSSR count). The minimum Gasteiger partial charge on any atom is -0.345 e. The molecule has 0 spiro atoms. The molecule has 2 aromatic carbocycles. The standard InChI is InChI=1S/C15H12Br2FNO/c1-9(10-3-2-4-12(18)7-10)19-15(20)13-6-5-11(16)8-14(13)17/h2-9H,1H3,(H,19,20). The van der Waals surface area contributed by atoms with Crippen LogP contribution in [-0.2, 0) is 0 Å². The summed E-state index contributed by atoms with van der Waals surface area (Å²) in [6.07, 6.45) is 0. The highest BCUT2D eigenvalue weighted by atomic mass is 79.9. The monoisotopic (exact) mass is 399 g/mol. The van der Waals surface area contributed by atoms with E-state index in [0.717, 1.165) is 10.0 Å². The quantitative estimate of drug-likeness (QED) is 0.784. The van der Waals surface area contributed by atoms with Crippen molar-refractivity contribution in [3.63, 3.8) is 0 Å². The normalized spacial score (nSPS) is 12.0. The number of carbonyl (C=O) groups is 1. The topological polar surface area (TPSA) is 29.1 Å². The molecule has 1 unspecified atom stereocenters. The Bertz CT molecular complexity index is 646. The van der Waals surface area contributed by atoms with Gasteiger partial charge in [-0.05, 0) is 58.7 Å². The third-order valence-electron chi connectivity index (χ3n) is 2.87. The number of carbonyl (C=O) groups excluding carboxylic acids is 1. The maximum atomic E-state index is 13.2. The Morgan fingerprint density at radius 3 is 2.60 bits per heavy atom. The Morgan fingerprint density at radius 2 is 1.95 bits per heavy atom. The van der Waals surface area contributed by atoms with Crippen molar-refractivity contribution in [2.24, 2.45) is 0 Å². The van der Waals surface area contributed by atoms with E-state index in [-0.39, 0.29) is 17.8 Å². The molecule has 0 aliphatic heterocycles. The van der Waals surface area contributed by atoms with Gasteiger partial charge in [0, 0.05) is 8.95 Å². The highest BCUT2D eigenvalue weighted by molar-refractivity contribution is 9.11. The van der Waals surface area contributed by atoms with Crippen LogP contribution in [0.4, 0.5) is 4.39 Å². The van der Waals surface area contributed by atoms with E-state index < -0.39 is 0 Å². The molecule has 1 amide bonds. The highest BCUT2D eigenvalue weighted by Crippen LogP contribution is 2.23. The number of halogens is 3. The van der Waals surface area contributed by atoms with Crippen LogP contribution in [0.2, 0.25) is 0 Å². The summed E-state index contributed by atoms with van der Waals surface area (Å²) in [5.41, 5.74) is 1.27. The molecule has 0 heterocycles. The summed E-state index contributed by atoms with van der Waals surface area (Å²) in [5.74, 6) is -0.519. The zero-order valence-corrected chi connectivity index (χ0v) is 13.8. The summed E-state index contributed by atoms with van der Waals surface area (Å²) in [6.45, 7) is 1.82. The third-order valence-corrected chi connectivity index (χ3v) is 4.02. The van der Waals surface area contributed by atoms with Crippen LogP contribution in [0, 0.1) is 5.82 Å². The minimum atomic E-state index is -0.312. The molecule has 20 heavy (non-hydrogen) atoms. The number of hydrogen-bond donors (Lipinski definition) is 1. The van der Waals surface area contributed by atoms with Crippen LogP contribution in [0.25, 0.3) is 0 Å². The van der Waals surface area contributed by atoms with Gasteiger partial charge in [-0.25, -0.2) is 4.39 Å². The van der Waals surface area contributed by atoms with Gasteiger partial charge in [0.25, 0.3) is 5.91 Å². The van der Waals surface area contributed by atoms with Crippen molar-refractivity contribution < 1.29 is 9.18 Å². The van der Waals surface area contributed by atoms with Gasteiger partial charge in [-0.3, -0.25) is 4.79 Å². The van der Waals surface area contributed by atoms with Crippen molar-refractivity contribution in [3.05, 3.63) is 68.4 Å². The summed E-state index contributed by atoms with van der Waals surface area (Å²) in [5, 5.41) is 2.85. The largest absolute Gasteiger partial charge is 0.345 e. The number of hydrogen-bond acceptors (Lipinski definition) is 1. The molecule has 0 aliphatic carbocycles. The summed E-state index contributed by atoms with van der Waals surface area (Å²) in [6, 6.07) is 11.3. The Balaban J connectivity index is 2.15. The van der Waals surface area contributed by atoms with Crippen LogP contribution in [0.1, 0.15) is 28.9 Å². The second-order valence-corrected chi connectivity index (χ2v) is 6.14. The average molecular weight is 401 g/mol. The Labute approximate surface area is 133 Å². The first kappa shape index (κ1) is 15.2. The molecule has 2 aromatic rings. The lowest BCUT2D eigenvalue weighted by molar-refractivity contribution is 0.0939. The predicted molar refractivity (Wildman–Crippen MR) is 84.1 cm³/mol. The molecule has 1 N–H and O–H groups in total. The summed E-state index contributed by atoms with van der Waals surface area (Å²) in [7, 11) is 0. The maximum Gasteiger partial charge on any atom is 0.252 e. The van der Waals surface area contributed by atoms with E-state index in [1.807, 2.05) is 13.0 Å². The molecule has 5 heteroatoms. The molecule has 0 aliphatic rings. The first-order chi connectivity index (χ1) is 9.47. The van der Waals surface area contributed by atoms with E-state index in [0.29, 0.717) is 10.0 Å². The molecule has 0 saturated heterocycles. The first-order valence-electron chi connectivity index (χ1n) is 5.99. The lowest BCUT2D eigenvalue weighted by Crippen LogP contribution is -2.27. The van der Waals surface area contributed by atoms with E-state index in [1.165, 1.54) is 12.1 Å². The second-order valence-electron chi connectivity index (χ2n) is 4.37. The molecule has 2 nitrogen and oxygen atoms in total. The SMILES string of the molecule is CC(NC(=O)c1ccc(Br)cc1Br)c1cccc(F)c1. The number of rotatable bonds is 3. The van der Waals surface area contributed by atoms with Crippen molar-refractivity contribution in [1.29, 1.82) is 0 Å². The van der Waals surface area contributed by atoms with Gasteiger partial charge in [0.05, 0.1) is 11.6 Å². The molecule has 1 atom stereocenters. The molecule has 104 valence electrons. The lowest BCUT2D eigenvalue weighted by Gasteiger charge is -2.15. The summed E-state index contributed by atoms with van der Waals surface area (Å²) >= 11 is 6.69. The fourth-order valence-corrected chi connectivity index (χ4v) is 3.03. The van der Waals surface area contributed by atoms with Crippen molar-refractivity contribution in [2.75, 3.05) is 0 Å². The van der Waals surface area contributed by atoms with Crippen molar-refractivity contribution >= 4 is 37.8 Å². The van der Waals surface area contributed by atoms with Gasteiger partial charge in [-0.2, -0.15) is 0 Å². The Kier molecular flexibility index (Phi) is 4.94. The second kappa shape index (κ2) is 6.50. The van der Waals surface area contributed by atoms with Crippen LogP contribution in [-0.4, -0.2) is 5.91 Å². The van der Waals surface area contributed by atoms with Crippen LogP contribution in [0.15, 0.2) is 51.4 Å². The van der Waals surface area contributed by atoms with Crippen LogP contribution in [0.5, 0.6) is 0 Å². The third kappa shape index (κ3) is 3.67. The Hall–Kier alpha value is -1.20. The molecule has 0 radical (unpaired) electrons. The average Bonchev–Trinajstić information content (AvgIpc) is 2.38. The molecule has 0 bridgehead atoms. The van der Waals surface area contributed by atoms with Gasteiger partial charge in [-0.15, -0.1) is 0 Å². The van der Waals surface area contributed by atoms with E-state index in [2.05, 4.69) is 37.2 Å². The van der Waals surface area contributed by atoms with Crippen molar-refractivity contribution in [3.8, 4) is 0 Å². The van der Waals surface area contributed by atoms with E-state index in [9.17, 15) is 9.18 Å². The first-order valence-corrected chi connectivity index (χ1v) is 7.57. The van der Waals surface area contributed by atoms with Crippen LogP contribution >= 0.6 is 31.9 Å². The van der Waals surface area contributed by atoms with Gasteiger partial charge in [0.2, 0.25) is 0 Å². The summed E-state index contributed by atoms with van der Waals surface area (Å²) < 4.78 is 14.8. The fourth-order valence-electron chi connectivity index (χ4n) is 1.81.